The lowest BCUT2D eigenvalue weighted by molar-refractivity contribution is -0.117. The van der Waals surface area contributed by atoms with Crippen LogP contribution in [0.2, 0.25) is 0 Å². The van der Waals surface area contributed by atoms with Gasteiger partial charge in [0.05, 0.1) is 20.3 Å². The Labute approximate surface area is 101 Å². The van der Waals surface area contributed by atoms with Crippen LogP contribution >= 0.6 is 0 Å². The van der Waals surface area contributed by atoms with Crippen LogP contribution in [-0.4, -0.2) is 20.0 Å². The molecule has 0 saturated carbocycles. The Morgan fingerprint density at radius 1 is 1.35 bits per heavy atom. The largest absolute Gasteiger partial charge is 0.493 e. The highest BCUT2D eigenvalue weighted by Crippen LogP contribution is 2.35. The number of hydrogen-bond acceptors (Lipinski definition) is 4. The molecule has 1 aromatic carbocycles. The van der Waals surface area contributed by atoms with Crippen LogP contribution in [0.1, 0.15) is 24.0 Å². The van der Waals surface area contributed by atoms with E-state index in [1.54, 1.807) is 19.2 Å². The summed E-state index contributed by atoms with van der Waals surface area (Å²) < 4.78 is 10.4. The summed E-state index contributed by atoms with van der Waals surface area (Å²) in [6.45, 7) is 3.22. The van der Waals surface area contributed by atoms with Crippen LogP contribution in [-0.2, 0) is 4.79 Å². The number of carbonyl (C=O) groups is 1. The molecule has 0 fully saturated rings. The number of ketones is 1. The van der Waals surface area contributed by atoms with Crippen molar-refractivity contribution in [3.8, 4) is 17.6 Å². The molecule has 0 aliphatic carbocycles. The van der Waals surface area contributed by atoms with Crippen LogP contribution in [0.4, 0.5) is 0 Å². The molecule has 0 spiro atoms. The molecule has 4 nitrogen and oxygen atoms in total. The highest BCUT2D eigenvalue weighted by Gasteiger charge is 2.21. The molecule has 1 atom stereocenters. The first-order chi connectivity index (χ1) is 8.06. The summed E-state index contributed by atoms with van der Waals surface area (Å²) in [6, 6.07) is 5.43. The molecule has 0 N–H and O–H groups in total. The first-order valence-electron chi connectivity index (χ1n) is 5.18. The Bertz CT molecular complexity index is 474. The zero-order valence-electron chi connectivity index (χ0n) is 10.4. The average molecular weight is 233 g/mol. The number of nitriles is 1. The second kappa shape index (κ2) is 5.35. The van der Waals surface area contributed by atoms with E-state index in [2.05, 4.69) is 0 Å². The minimum Gasteiger partial charge on any atom is -0.493 e. The molecule has 0 bridgehead atoms. The maximum Gasteiger partial charge on any atom is 0.163 e. The summed E-state index contributed by atoms with van der Waals surface area (Å²) in [6.07, 6.45) is 0. The SMILES string of the molecule is COc1ccc([C@H](C#N)C(C)=O)c(C)c1OC. The summed E-state index contributed by atoms with van der Waals surface area (Å²) in [7, 11) is 3.08. The van der Waals surface area contributed by atoms with Gasteiger partial charge in [0.1, 0.15) is 5.92 Å². The molecule has 0 unspecified atom stereocenters. The van der Waals surface area contributed by atoms with Crippen molar-refractivity contribution in [1.29, 1.82) is 5.26 Å². The number of benzene rings is 1. The van der Waals surface area contributed by atoms with E-state index in [0.717, 1.165) is 5.56 Å². The van der Waals surface area contributed by atoms with Gasteiger partial charge in [-0.05, 0) is 31.0 Å². The smallest absolute Gasteiger partial charge is 0.163 e. The average Bonchev–Trinajstić information content (AvgIpc) is 2.31. The number of carbonyl (C=O) groups excluding carboxylic acids is 1. The van der Waals surface area contributed by atoms with Gasteiger partial charge in [-0.1, -0.05) is 6.07 Å². The third-order valence-electron chi connectivity index (χ3n) is 2.68. The van der Waals surface area contributed by atoms with E-state index < -0.39 is 5.92 Å². The summed E-state index contributed by atoms with van der Waals surface area (Å²) >= 11 is 0. The molecule has 0 radical (unpaired) electrons. The molecule has 0 aromatic heterocycles. The number of ether oxygens (including phenoxy) is 2. The van der Waals surface area contributed by atoms with Crippen LogP contribution in [0.5, 0.6) is 11.5 Å². The van der Waals surface area contributed by atoms with Crippen molar-refractivity contribution in [3.05, 3.63) is 23.3 Å². The lowest BCUT2D eigenvalue weighted by Crippen LogP contribution is -2.09. The van der Waals surface area contributed by atoms with Crippen LogP contribution in [0.3, 0.4) is 0 Å². The third kappa shape index (κ3) is 2.39. The minimum absolute atomic E-state index is 0.178. The first-order valence-corrected chi connectivity index (χ1v) is 5.18. The molecule has 17 heavy (non-hydrogen) atoms. The van der Waals surface area contributed by atoms with Gasteiger partial charge in [-0.3, -0.25) is 4.79 Å². The van der Waals surface area contributed by atoms with Crippen LogP contribution in [0.15, 0.2) is 12.1 Å². The normalized spacial score (nSPS) is 11.5. The lowest BCUT2D eigenvalue weighted by Gasteiger charge is -2.15. The monoisotopic (exact) mass is 233 g/mol. The van der Waals surface area contributed by atoms with Gasteiger partial charge in [0.25, 0.3) is 0 Å². The summed E-state index contributed by atoms with van der Waals surface area (Å²) in [5.41, 5.74) is 1.42. The molecule has 4 heteroatoms. The van der Waals surface area contributed by atoms with Crippen LogP contribution < -0.4 is 9.47 Å². The topological polar surface area (TPSA) is 59.3 Å². The lowest BCUT2D eigenvalue weighted by atomic mass is 9.92. The molecule has 0 saturated heterocycles. The molecule has 0 amide bonds. The van der Waals surface area contributed by atoms with Crippen molar-refractivity contribution in [2.45, 2.75) is 19.8 Å². The number of nitrogens with zero attached hydrogens (tertiary/aromatic N) is 1. The van der Waals surface area contributed by atoms with Gasteiger partial charge in [0.15, 0.2) is 17.3 Å². The van der Waals surface area contributed by atoms with Gasteiger partial charge in [0, 0.05) is 0 Å². The summed E-state index contributed by atoms with van der Waals surface area (Å²) in [4.78, 5) is 11.4. The Morgan fingerprint density at radius 3 is 2.41 bits per heavy atom. The molecule has 1 aromatic rings. The molecular weight excluding hydrogens is 218 g/mol. The molecule has 90 valence electrons. The number of methoxy groups -OCH3 is 2. The third-order valence-corrected chi connectivity index (χ3v) is 2.68. The fourth-order valence-electron chi connectivity index (χ4n) is 1.79. The van der Waals surface area contributed by atoms with E-state index in [4.69, 9.17) is 14.7 Å². The fourth-order valence-corrected chi connectivity index (χ4v) is 1.79. The Hall–Kier alpha value is -2.02. The predicted molar refractivity (Wildman–Crippen MR) is 63.3 cm³/mol. The molecule has 0 aliphatic heterocycles. The van der Waals surface area contributed by atoms with Crippen molar-refractivity contribution in [1.82, 2.24) is 0 Å². The van der Waals surface area contributed by atoms with Gasteiger partial charge in [-0.2, -0.15) is 5.26 Å². The number of Topliss-reactive ketones (excluding diaryl/α,β-unsaturated/α-hetero) is 1. The number of rotatable bonds is 4. The Kier molecular flexibility index (Phi) is 4.11. The zero-order valence-corrected chi connectivity index (χ0v) is 10.4. The highest BCUT2D eigenvalue weighted by molar-refractivity contribution is 5.87. The van der Waals surface area contributed by atoms with E-state index in [-0.39, 0.29) is 5.78 Å². The van der Waals surface area contributed by atoms with Crippen molar-refractivity contribution in [3.63, 3.8) is 0 Å². The van der Waals surface area contributed by atoms with Crippen LogP contribution in [0, 0.1) is 18.3 Å². The Morgan fingerprint density at radius 2 is 2.00 bits per heavy atom. The highest BCUT2D eigenvalue weighted by atomic mass is 16.5. The Balaban J connectivity index is 3.38. The van der Waals surface area contributed by atoms with Crippen molar-refractivity contribution in [2.75, 3.05) is 14.2 Å². The van der Waals surface area contributed by atoms with Gasteiger partial charge >= 0.3 is 0 Å². The quantitative estimate of drug-likeness (QED) is 0.800. The van der Waals surface area contributed by atoms with E-state index in [9.17, 15) is 4.79 Å². The van der Waals surface area contributed by atoms with Crippen molar-refractivity contribution in [2.24, 2.45) is 0 Å². The van der Waals surface area contributed by atoms with Crippen molar-refractivity contribution < 1.29 is 14.3 Å². The van der Waals surface area contributed by atoms with Gasteiger partial charge < -0.3 is 9.47 Å². The molecule has 0 aliphatic rings. The standard InChI is InChI=1S/C13H15NO3/c1-8-10(11(7-14)9(2)15)5-6-12(16-3)13(8)17-4/h5-6,11H,1-4H3/t11-/m1/s1. The minimum atomic E-state index is -0.755. The van der Waals surface area contributed by atoms with E-state index in [1.165, 1.54) is 14.0 Å². The maximum absolute atomic E-state index is 11.4. The fraction of sp³-hybridized carbons (Fsp3) is 0.385. The van der Waals surface area contributed by atoms with E-state index >= 15 is 0 Å². The first kappa shape index (κ1) is 13.0. The van der Waals surface area contributed by atoms with Gasteiger partial charge in [0.2, 0.25) is 0 Å². The second-order valence-electron chi connectivity index (χ2n) is 3.69. The number of hydrogen-bond donors (Lipinski definition) is 0. The summed E-state index contributed by atoms with van der Waals surface area (Å²) in [5, 5.41) is 9.02. The summed E-state index contributed by atoms with van der Waals surface area (Å²) in [5.74, 6) is 0.220. The van der Waals surface area contributed by atoms with Gasteiger partial charge in [-0.25, -0.2) is 0 Å². The van der Waals surface area contributed by atoms with Gasteiger partial charge in [-0.15, -0.1) is 0 Å². The zero-order chi connectivity index (χ0) is 13.0. The molecular formula is C13H15NO3. The molecule has 1 rings (SSSR count). The van der Waals surface area contributed by atoms with E-state index in [1.807, 2.05) is 13.0 Å². The van der Waals surface area contributed by atoms with Crippen LogP contribution in [0.25, 0.3) is 0 Å². The van der Waals surface area contributed by atoms with E-state index in [0.29, 0.717) is 17.1 Å². The maximum atomic E-state index is 11.4. The second-order valence-corrected chi connectivity index (χ2v) is 3.69. The van der Waals surface area contributed by atoms with Crippen molar-refractivity contribution >= 4 is 5.78 Å². The molecule has 0 heterocycles. The predicted octanol–water partition coefficient (Wildman–Crippen LogP) is 2.21.